The largest absolute Gasteiger partial charge is 0.474 e. The molecule has 16 heavy (non-hydrogen) atoms. The molecule has 0 aliphatic carbocycles. The van der Waals surface area contributed by atoms with Crippen molar-refractivity contribution in [2.75, 3.05) is 0 Å². The predicted molar refractivity (Wildman–Crippen MR) is 45.6 cm³/mol. The highest BCUT2D eigenvalue weighted by molar-refractivity contribution is 5.82. The van der Waals surface area contributed by atoms with Crippen molar-refractivity contribution in [1.82, 2.24) is 10.2 Å². The van der Waals surface area contributed by atoms with Crippen LogP contribution in [0.3, 0.4) is 0 Å². The lowest BCUT2D eigenvalue weighted by molar-refractivity contribution is -0.401. The molecule has 2 heterocycles. The lowest BCUT2D eigenvalue weighted by atomic mass is 10.4. The molecule has 0 atom stereocenters. The van der Waals surface area contributed by atoms with Crippen molar-refractivity contribution in [3.05, 3.63) is 28.1 Å². The zero-order chi connectivity index (χ0) is 11.7. The van der Waals surface area contributed by atoms with E-state index >= 15 is 0 Å². The number of hydrogen-bond acceptors (Lipinski definition) is 7. The van der Waals surface area contributed by atoms with Gasteiger partial charge in [0.1, 0.15) is 4.92 Å². The molecule has 1 N–H and O–H groups in total. The van der Waals surface area contributed by atoms with E-state index in [-0.39, 0.29) is 11.7 Å². The third-order valence-electron chi connectivity index (χ3n) is 1.59. The van der Waals surface area contributed by atoms with Crippen molar-refractivity contribution in [3.63, 3.8) is 0 Å². The zero-order valence-electron chi connectivity index (χ0n) is 7.48. The number of aromatic nitrogens is 2. The van der Waals surface area contributed by atoms with Gasteiger partial charge in [0.05, 0.1) is 6.07 Å². The molecule has 2 rings (SSSR count). The summed E-state index contributed by atoms with van der Waals surface area (Å²) in [6.07, 6.45) is 0. The van der Waals surface area contributed by atoms with Gasteiger partial charge >= 0.3 is 17.7 Å². The van der Waals surface area contributed by atoms with Crippen molar-refractivity contribution >= 4 is 11.9 Å². The van der Waals surface area contributed by atoms with E-state index in [9.17, 15) is 14.9 Å². The fourth-order valence-electron chi connectivity index (χ4n) is 0.950. The van der Waals surface area contributed by atoms with Gasteiger partial charge < -0.3 is 13.9 Å². The highest BCUT2D eigenvalue weighted by Gasteiger charge is 2.19. The Morgan fingerprint density at radius 2 is 2.12 bits per heavy atom. The van der Waals surface area contributed by atoms with Gasteiger partial charge in [-0.15, -0.1) is 10.2 Å². The second kappa shape index (κ2) is 3.46. The van der Waals surface area contributed by atoms with Crippen LogP contribution in [0.5, 0.6) is 0 Å². The Bertz CT molecular complexity index is 506. The van der Waals surface area contributed by atoms with Crippen molar-refractivity contribution < 1.29 is 23.7 Å². The maximum Gasteiger partial charge on any atom is 0.433 e. The van der Waals surface area contributed by atoms with Crippen molar-refractivity contribution in [2.24, 2.45) is 0 Å². The van der Waals surface area contributed by atoms with Crippen molar-refractivity contribution in [2.45, 2.75) is 0 Å². The van der Waals surface area contributed by atoms with E-state index in [1.165, 1.54) is 6.07 Å². The second-order valence-electron chi connectivity index (χ2n) is 2.61. The SMILES string of the molecule is O=C(O)c1nnc(-c2ccc([N+](=O)[O-])o2)o1. The van der Waals surface area contributed by atoms with Gasteiger partial charge in [-0.2, -0.15) is 0 Å². The van der Waals surface area contributed by atoms with Crippen molar-refractivity contribution in [3.8, 4) is 11.7 Å². The Labute approximate surface area is 86.5 Å². The summed E-state index contributed by atoms with van der Waals surface area (Å²) in [5, 5.41) is 25.4. The molecule has 2 aromatic rings. The molecule has 2 aromatic heterocycles. The Morgan fingerprint density at radius 3 is 2.62 bits per heavy atom. The Kier molecular flexibility index (Phi) is 2.12. The van der Waals surface area contributed by atoms with Gasteiger partial charge in [0.2, 0.25) is 0 Å². The first kappa shape index (κ1) is 9.83. The molecule has 0 saturated carbocycles. The second-order valence-corrected chi connectivity index (χ2v) is 2.61. The van der Waals surface area contributed by atoms with Crippen LogP contribution in [-0.2, 0) is 0 Å². The van der Waals surface area contributed by atoms with E-state index in [2.05, 4.69) is 14.6 Å². The predicted octanol–water partition coefficient (Wildman–Crippen LogP) is 0.936. The third-order valence-corrected chi connectivity index (χ3v) is 1.59. The quantitative estimate of drug-likeness (QED) is 0.602. The first-order valence-electron chi connectivity index (χ1n) is 3.89. The number of aromatic carboxylic acids is 1. The van der Waals surface area contributed by atoms with Crippen LogP contribution in [-0.4, -0.2) is 26.2 Å². The third kappa shape index (κ3) is 1.61. The van der Waals surface area contributed by atoms with E-state index in [0.29, 0.717) is 0 Å². The van der Waals surface area contributed by atoms with Crippen LogP contribution in [0.15, 0.2) is 21.0 Å². The van der Waals surface area contributed by atoms with Crippen LogP contribution >= 0.6 is 0 Å². The highest BCUT2D eigenvalue weighted by Crippen LogP contribution is 2.24. The van der Waals surface area contributed by atoms with Gasteiger partial charge in [0.15, 0.2) is 5.76 Å². The smallest absolute Gasteiger partial charge is 0.433 e. The lowest BCUT2D eigenvalue weighted by Gasteiger charge is -1.85. The first-order chi connectivity index (χ1) is 7.58. The number of carboxylic acids is 1. The molecule has 0 bridgehead atoms. The van der Waals surface area contributed by atoms with Crippen LogP contribution in [0.25, 0.3) is 11.7 Å². The van der Waals surface area contributed by atoms with Crippen LogP contribution in [0.4, 0.5) is 5.88 Å². The lowest BCUT2D eigenvalue weighted by Crippen LogP contribution is -1.95. The van der Waals surface area contributed by atoms with Crippen LogP contribution in [0.1, 0.15) is 10.7 Å². The van der Waals surface area contributed by atoms with Crippen molar-refractivity contribution in [1.29, 1.82) is 0 Å². The molecule has 0 fully saturated rings. The van der Waals surface area contributed by atoms with E-state index in [4.69, 9.17) is 9.52 Å². The monoisotopic (exact) mass is 225 g/mol. The fourth-order valence-corrected chi connectivity index (χ4v) is 0.950. The highest BCUT2D eigenvalue weighted by atomic mass is 16.6. The number of rotatable bonds is 3. The summed E-state index contributed by atoms with van der Waals surface area (Å²) >= 11 is 0. The number of carbonyl (C=O) groups is 1. The van der Waals surface area contributed by atoms with Gasteiger partial charge in [-0.1, -0.05) is 0 Å². The van der Waals surface area contributed by atoms with E-state index in [0.717, 1.165) is 6.07 Å². The minimum atomic E-state index is -1.39. The summed E-state index contributed by atoms with van der Waals surface area (Å²) in [5.41, 5.74) is 0. The van der Waals surface area contributed by atoms with Gasteiger partial charge in [-0.05, 0) is 6.07 Å². The summed E-state index contributed by atoms with van der Waals surface area (Å²) in [6, 6.07) is 2.33. The molecule has 82 valence electrons. The van der Waals surface area contributed by atoms with Gasteiger partial charge in [0.25, 0.3) is 5.89 Å². The molecule has 9 nitrogen and oxygen atoms in total. The van der Waals surface area contributed by atoms with E-state index in [1.54, 1.807) is 0 Å². The maximum absolute atomic E-state index is 10.4. The summed E-state index contributed by atoms with van der Waals surface area (Å²) in [7, 11) is 0. The fraction of sp³-hybridized carbons (Fsp3) is 0. The normalized spacial score (nSPS) is 10.2. The minimum Gasteiger partial charge on any atom is -0.474 e. The number of furan rings is 1. The Balaban J connectivity index is 2.35. The summed E-state index contributed by atoms with van der Waals surface area (Å²) < 4.78 is 9.42. The number of nitro groups is 1. The number of hydrogen-bond donors (Lipinski definition) is 1. The first-order valence-corrected chi connectivity index (χ1v) is 3.89. The standard InChI is InChI=1S/C7H3N3O6/c11-7(12)6-9-8-5(16-6)3-1-2-4(15-3)10(13)14/h1-2H,(H,11,12). The molecule has 0 spiro atoms. The molecule has 0 aliphatic rings. The Hall–Kier alpha value is -2.71. The Morgan fingerprint density at radius 1 is 1.38 bits per heavy atom. The minimum absolute atomic E-state index is 0.0632. The molecular weight excluding hydrogens is 222 g/mol. The van der Waals surface area contributed by atoms with Gasteiger partial charge in [-0.3, -0.25) is 10.1 Å². The topological polar surface area (TPSA) is 132 Å². The average Bonchev–Trinajstić information content (AvgIpc) is 2.86. The number of carboxylic acid groups (broad SMARTS) is 1. The molecule has 0 radical (unpaired) electrons. The maximum atomic E-state index is 10.4. The average molecular weight is 225 g/mol. The van der Waals surface area contributed by atoms with Crippen LogP contribution in [0.2, 0.25) is 0 Å². The van der Waals surface area contributed by atoms with Gasteiger partial charge in [0, 0.05) is 0 Å². The molecule has 0 aromatic carbocycles. The molecule has 0 amide bonds. The van der Waals surface area contributed by atoms with E-state index < -0.39 is 22.7 Å². The van der Waals surface area contributed by atoms with Crippen LogP contribution in [0, 0.1) is 10.1 Å². The molecule has 0 aliphatic heterocycles. The summed E-state index contributed by atoms with van der Waals surface area (Å²) in [6.45, 7) is 0. The zero-order valence-corrected chi connectivity index (χ0v) is 7.48. The molecule has 0 saturated heterocycles. The van der Waals surface area contributed by atoms with E-state index in [1.807, 2.05) is 0 Å². The number of nitrogens with zero attached hydrogens (tertiary/aromatic N) is 3. The summed E-state index contributed by atoms with van der Waals surface area (Å²) in [4.78, 5) is 20.0. The van der Waals surface area contributed by atoms with Crippen LogP contribution < -0.4 is 0 Å². The molecular formula is C7H3N3O6. The molecule has 0 unspecified atom stereocenters. The molecule has 9 heteroatoms. The summed E-state index contributed by atoms with van der Waals surface area (Å²) in [5.74, 6) is -2.80. The van der Waals surface area contributed by atoms with Gasteiger partial charge in [-0.25, -0.2) is 4.79 Å².